The van der Waals surface area contributed by atoms with E-state index in [9.17, 15) is 4.79 Å². The lowest BCUT2D eigenvalue weighted by Gasteiger charge is -2.14. The lowest BCUT2D eigenvalue weighted by molar-refractivity contribution is -0.118. The molecule has 2 N–H and O–H groups in total. The number of ether oxygens (including phenoxy) is 1. The lowest BCUT2D eigenvalue weighted by atomic mass is 10.0. The van der Waals surface area contributed by atoms with E-state index in [4.69, 9.17) is 4.74 Å². The Morgan fingerprint density at radius 3 is 2.97 bits per heavy atom. The molecule has 2 aromatic heterocycles. The van der Waals surface area contributed by atoms with Crippen molar-refractivity contribution in [2.24, 2.45) is 0 Å². The first-order valence-electron chi connectivity index (χ1n) is 10.9. The number of hydrogen-bond acceptors (Lipinski definition) is 6. The third kappa shape index (κ3) is 4.57. The van der Waals surface area contributed by atoms with E-state index in [1.54, 1.807) is 6.20 Å². The molecule has 1 aliphatic heterocycles. The summed E-state index contributed by atoms with van der Waals surface area (Å²) in [6, 6.07) is 12.2. The molecule has 5 rings (SSSR count). The predicted octanol–water partition coefficient (Wildman–Crippen LogP) is 4.16. The fourth-order valence-electron chi connectivity index (χ4n) is 4.01. The zero-order valence-corrected chi connectivity index (χ0v) is 19.6. The van der Waals surface area contributed by atoms with Gasteiger partial charge >= 0.3 is 0 Å². The molecule has 0 saturated carbocycles. The first-order valence-corrected chi connectivity index (χ1v) is 11.9. The summed E-state index contributed by atoms with van der Waals surface area (Å²) < 4.78 is 6.24. The second-order valence-corrected chi connectivity index (χ2v) is 9.30. The zero-order chi connectivity index (χ0) is 22.9. The maximum atomic E-state index is 12.4. The highest BCUT2D eigenvalue weighted by molar-refractivity contribution is 7.99. The van der Waals surface area contributed by atoms with Gasteiger partial charge in [0.25, 0.3) is 0 Å². The largest absolute Gasteiger partial charge is 0.487 e. The number of rotatable bonds is 6. The molecule has 8 heteroatoms. The van der Waals surface area contributed by atoms with E-state index >= 15 is 0 Å². The van der Waals surface area contributed by atoms with Gasteiger partial charge in [0, 0.05) is 18.2 Å². The van der Waals surface area contributed by atoms with Gasteiger partial charge in [0.2, 0.25) is 5.91 Å². The van der Waals surface area contributed by atoms with E-state index in [1.807, 2.05) is 45.0 Å². The van der Waals surface area contributed by atoms with Crippen molar-refractivity contribution in [1.82, 2.24) is 25.3 Å². The van der Waals surface area contributed by atoms with Crippen LogP contribution in [0.1, 0.15) is 22.5 Å². The Labute approximate surface area is 196 Å². The molecule has 0 spiro atoms. The molecule has 0 saturated heterocycles. The topological polar surface area (TPSA) is 92.8 Å². The van der Waals surface area contributed by atoms with Crippen LogP contribution >= 0.6 is 11.8 Å². The van der Waals surface area contributed by atoms with Crippen molar-refractivity contribution < 1.29 is 9.53 Å². The number of H-pyrrole nitrogens is 1. The quantitative estimate of drug-likeness (QED) is 0.421. The van der Waals surface area contributed by atoms with E-state index < -0.39 is 0 Å². The summed E-state index contributed by atoms with van der Waals surface area (Å²) in [4.78, 5) is 29.3. The van der Waals surface area contributed by atoms with Gasteiger partial charge in [0.05, 0.1) is 40.4 Å². The first-order chi connectivity index (χ1) is 16.0. The molecular formula is C25H25N5O2S. The number of aryl methyl sites for hydroxylation is 3. The second kappa shape index (κ2) is 8.86. The lowest BCUT2D eigenvalue weighted by Crippen LogP contribution is -2.35. The Hall–Kier alpha value is -3.39. The third-order valence-corrected chi connectivity index (χ3v) is 6.52. The van der Waals surface area contributed by atoms with Crippen LogP contribution in [0.4, 0.5) is 0 Å². The average Bonchev–Trinajstić information content (AvgIpc) is 3.40. The number of amides is 1. The van der Waals surface area contributed by atoms with Gasteiger partial charge in [-0.1, -0.05) is 30.0 Å². The van der Waals surface area contributed by atoms with Gasteiger partial charge < -0.3 is 15.0 Å². The maximum absolute atomic E-state index is 12.4. The highest BCUT2D eigenvalue weighted by Gasteiger charge is 2.27. The van der Waals surface area contributed by atoms with Crippen molar-refractivity contribution in [2.75, 3.05) is 12.3 Å². The second-order valence-electron chi connectivity index (χ2n) is 8.34. The fourth-order valence-corrected chi connectivity index (χ4v) is 4.73. The van der Waals surface area contributed by atoms with Gasteiger partial charge in [-0.3, -0.25) is 9.78 Å². The Balaban J connectivity index is 1.19. The van der Waals surface area contributed by atoms with Crippen LogP contribution in [-0.4, -0.2) is 44.2 Å². The Morgan fingerprint density at radius 2 is 2.09 bits per heavy atom. The van der Waals surface area contributed by atoms with Gasteiger partial charge in [-0.05, 0) is 50.1 Å². The number of imidazole rings is 1. The van der Waals surface area contributed by atoms with Crippen molar-refractivity contribution >= 4 is 28.7 Å². The molecule has 168 valence electrons. The minimum atomic E-state index is -0.109. The van der Waals surface area contributed by atoms with E-state index in [0.29, 0.717) is 12.3 Å². The van der Waals surface area contributed by atoms with Gasteiger partial charge in [-0.2, -0.15) is 0 Å². The van der Waals surface area contributed by atoms with Crippen LogP contribution in [0.2, 0.25) is 0 Å². The molecule has 3 heterocycles. The van der Waals surface area contributed by atoms with Gasteiger partial charge in [0.15, 0.2) is 5.16 Å². The Kier molecular flexibility index (Phi) is 5.76. The summed E-state index contributed by atoms with van der Waals surface area (Å²) in [6.07, 6.45) is 2.41. The monoisotopic (exact) mass is 459 g/mol. The summed E-state index contributed by atoms with van der Waals surface area (Å²) >= 11 is 1.40. The highest BCUT2D eigenvalue weighted by atomic mass is 32.2. The number of aromatic nitrogens is 4. The van der Waals surface area contributed by atoms with Crippen LogP contribution < -0.4 is 10.1 Å². The molecular weight excluding hydrogens is 434 g/mol. The molecule has 4 aromatic rings. The molecule has 0 bridgehead atoms. The van der Waals surface area contributed by atoms with E-state index in [-0.39, 0.29) is 12.0 Å². The van der Waals surface area contributed by atoms with E-state index in [0.717, 1.165) is 56.6 Å². The number of benzene rings is 2. The molecule has 0 aliphatic carbocycles. The zero-order valence-electron chi connectivity index (χ0n) is 18.8. The van der Waals surface area contributed by atoms with Crippen LogP contribution in [0.5, 0.6) is 5.75 Å². The minimum Gasteiger partial charge on any atom is -0.487 e. The van der Waals surface area contributed by atoms with Crippen molar-refractivity contribution in [2.45, 2.75) is 38.5 Å². The van der Waals surface area contributed by atoms with Crippen LogP contribution in [0.25, 0.3) is 22.3 Å². The minimum absolute atomic E-state index is 0.0446. The van der Waals surface area contributed by atoms with E-state index in [2.05, 4.69) is 37.4 Å². The summed E-state index contributed by atoms with van der Waals surface area (Å²) in [7, 11) is 0. The number of aromatic amines is 1. The molecule has 1 atom stereocenters. The smallest absolute Gasteiger partial charge is 0.230 e. The Morgan fingerprint density at radius 1 is 1.21 bits per heavy atom. The van der Waals surface area contributed by atoms with E-state index in [1.165, 1.54) is 17.3 Å². The number of carbonyl (C=O) groups is 1. The molecule has 0 unspecified atom stereocenters. The molecule has 1 aliphatic rings. The molecule has 2 aromatic carbocycles. The third-order valence-electron chi connectivity index (χ3n) is 5.64. The molecule has 0 fully saturated rings. The summed E-state index contributed by atoms with van der Waals surface area (Å²) in [6.45, 7) is 6.38. The van der Waals surface area contributed by atoms with Gasteiger partial charge in [-0.15, -0.1) is 0 Å². The summed E-state index contributed by atoms with van der Waals surface area (Å²) in [5.41, 5.74) is 7.72. The van der Waals surface area contributed by atoms with Gasteiger partial charge in [-0.25, -0.2) is 9.97 Å². The fraction of sp³-hybridized carbons (Fsp3) is 0.280. The van der Waals surface area contributed by atoms with Crippen LogP contribution in [-0.2, 0) is 11.2 Å². The van der Waals surface area contributed by atoms with Gasteiger partial charge in [0.1, 0.15) is 11.9 Å². The number of carbonyl (C=O) groups excluding carboxylic acids is 1. The molecule has 1 amide bonds. The maximum Gasteiger partial charge on any atom is 0.230 e. The standard InChI is InChI=1S/C25H25N5O2S/c1-14-7-8-20-21(9-14)30-25(29-20)33-13-22(31)27-12-18-10-17-5-4-6-19(24(17)32-18)23-16(3)26-11-15(2)28-23/h4-9,11,18H,10,12-13H2,1-3H3,(H,27,31)(H,29,30)/t18-/m1/s1. The highest BCUT2D eigenvalue weighted by Crippen LogP contribution is 2.38. The number of fused-ring (bicyclic) bond motifs is 2. The SMILES string of the molecule is Cc1ccc2nc(SCC(=O)NC[C@H]3Cc4cccc(-c5nc(C)cnc5C)c4O3)[nH]c2c1. The van der Waals surface area contributed by atoms with Crippen LogP contribution in [0, 0.1) is 20.8 Å². The number of nitrogens with zero attached hydrogens (tertiary/aromatic N) is 3. The van der Waals surface area contributed by atoms with Crippen molar-refractivity contribution in [3.8, 4) is 17.0 Å². The Bertz CT molecular complexity index is 1350. The number of thioether (sulfide) groups is 1. The first kappa shape index (κ1) is 21.5. The molecule has 7 nitrogen and oxygen atoms in total. The van der Waals surface area contributed by atoms with Crippen LogP contribution in [0.15, 0.2) is 47.8 Å². The van der Waals surface area contributed by atoms with Crippen LogP contribution in [0.3, 0.4) is 0 Å². The van der Waals surface area contributed by atoms with Crippen molar-refractivity contribution in [1.29, 1.82) is 0 Å². The number of para-hydroxylation sites is 1. The van der Waals surface area contributed by atoms with Crippen molar-refractivity contribution in [3.05, 3.63) is 65.1 Å². The van der Waals surface area contributed by atoms with Crippen molar-refractivity contribution in [3.63, 3.8) is 0 Å². The number of nitrogens with one attached hydrogen (secondary N) is 2. The summed E-state index contributed by atoms with van der Waals surface area (Å²) in [5.74, 6) is 1.09. The normalized spacial score (nSPS) is 14.8. The summed E-state index contributed by atoms with van der Waals surface area (Å²) in [5, 5.41) is 3.74. The molecule has 33 heavy (non-hydrogen) atoms. The average molecular weight is 460 g/mol. The predicted molar refractivity (Wildman–Crippen MR) is 130 cm³/mol. The molecule has 0 radical (unpaired) electrons. The number of hydrogen-bond donors (Lipinski definition) is 2.